The van der Waals surface area contributed by atoms with Gasteiger partial charge < -0.3 is 9.64 Å². The van der Waals surface area contributed by atoms with E-state index in [0.717, 1.165) is 18.4 Å². The van der Waals surface area contributed by atoms with Crippen LogP contribution in [0.2, 0.25) is 0 Å². The van der Waals surface area contributed by atoms with Crippen LogP contribution in [0.5, 0.6) is 0 Å². The number of hydrogen-bond donors (Lipinski definition) is 0. The summed E-state index contributed by atoms with van der Waals surface area (Å²) in [5.74, 6) is 1.57. The number of nitrogens with zero attached hydrogens (tertiary/aromatic N) is 1. The highest BCUT2D eigenvalue weighted by Gasteiger charge is 2.19. The first-order valence-corrected chi connectivity index (χ1v) is 5.43. The minimum Gasteiger partial charge on any atom is -0.384 e. The summed E-state index contributed by atoms with van der Waals surface area (Å²) < 4.78 is 5.21. The predicted octanol–water partition coefficient (Wildman–Crippen LogP) is 2.00. The summed E-state index contributed by atoms with van der Waals surface area (Å²) in [5.41, 5.74) is 0. The highest BCUT2D eigenvalue weighted by atomic mass is 16.5. The molecule has 0 aromatic carbocycles. The van der Waals surface area contributed by atoms with E-state index >= 15 is 0 Å². The SMILES string of the molecule is COCC1CCCN(CC(C)C)C1. The number of likely N-dealkylation sites (tertiary alicyclic amines) is 1. The number of rotatable bonds is 4. The second-order valence-electron chi connectivity index (χ2n) is 4.62. The summed E-state index contributed by atoms with van der Waals surface area (Å²) >= 11 is 0. The minimum absolute atomic E-state index is 0.775. The second kappa shape index (κ2) is 5.61. The van der Waals surface area contributed by atoms with Gasteiger partial charge in [-0.1, -0.05) is 13.8 Å². The van der Waals surface area contributed by atoms with Crippen molar-refractivity contribution in [3.63, 3.8) is 0 Å². The fraction of sp³-hybridized carbons (Fsp3) is 1.00. The maximum Gasteiger partial charge on any atom is 0.0502 e. The molecule has 0 N–H and O–H groups in total. The molecule has 13 heavy (non-hydrogen) atoms. The summed E-state index contributed by atoms with van der Waals surface area (Å²) in [5, 5.41) is 0. The van der Waals surface area contributed by atoms with Crippen LogP contribution in [0.4, 0.5) is 0 Å². The van der Waals surface area contributed by atoms with E-state index in [1.165, 1.54) is 32.5 Å². The largest absolute Gasteiger partial charge is 0.384 e. The average Bonchev–Trinajstić information content (AvgIpc) is 2.04. The van der Waals surface area contributed by atoms with Crippen LogP contribution in [0.3, 0.4) is 0 Å². The van der Waals surface area contributed by atoms with E-state index in [4.69, 9.17) is 4.74 Å². The zero-order chi connectivity index (χ0) is 9.68. The molecule has 0 spiro atoms. The second-order valence-corrected chi connectivity index (χ2v) is 4.62. The molecular weight excluding hydrogens is 162 g/mol. The predicted molar refractivity (Wildman–Crippen MR) is 55.9 cm³/mol. The van der Waals surface area contributed by atoms with Gasteiger partial charge in [0, 0.05) is 20.2 Å². The first kappa shape index (κ1) is 11.0. The van der Waals surface area contributed by atoms with E-state index in [0.29, 0.717) is 0 Å². The van der Waals surface area contributed by atoms with Crippen molar-refractivity contribution in [2.45, 2.75) is 26.7 Å². The summed E-state index contributed by atoms with van der Waals surface area (Å²) in [6, 6.07) is 0. The molecule has 1 aliphatic heterocycles. The van der Waals surface area contributed by atoms with Crippen molar-refractivity contribution in [3.8, 4) is 0 Å². The van der Waals surface area contributed by atoms with Gasteiger partial charge in [-0.3, -0.25) is 0 Å². The summed E-state index contributed by atoms with van der Waals surface area (Å²) in [6.45, 7) is 9.30. The molecule has 1 rings (SSSR count). The van der Waals surface area contributed by atoms with Crippen LogP contribution in [-0.4, -0.2) is 38.3 Å². The molecule has 1 unspecified atom stereocenters. The Hall–Kier alpha value is -0.0800. The van der Waals surface area contributed by atoms with Crippen molar-refractivity contribution < 1.29 is 4.74 Å². The molecule has 0 saturated carbocycles. The highest BCUT2D eigenvalue weighted by Crippen LogP contribution is 2.17. The van der Waals surface area contributed by atoms with Crippen LogP contribution in [0, 0.1) is 11.8 Å². The lowest BCUT2D eigenvalue weighted by molar-refractivity contribution is 0.0852. The third-order valence-corrected chi connectivity index (χ3v) is 2.63. The van der Waals surface area contributed by atoms with Gasteiger partial charge in [-0.25, -0.2) is 0 Å². The van der Waals surface area contributed by atoms with Gasteiger partial charge in [-0.05, 0) is 31.2 Å². The number of methoxy groups -OCH3 is 1. The molecule has 1 fully saturated rings. The molecule has 1 heterocycles. The van der Waals surface area contributed by atoms with E-state index in [2.05, 4.69) is 18.7 Å². The van der Waals surface area contributed by atoms with Gasteiger partial charge in [0.1, 0.15) is 0 Å². The van der Waals surface area contributed by atoms with Crippen molar-refractivity contribution in [2.75, 3.05) is 33.4 Å². The molecule has 2 nitrogen and oxygen atoms in total. The molecule has 78 valence electrons. The van der Waals surface area contributed by atoms with E-state index < -0.39 is 0 Å². The third kappa shape index (κ3) is 4.10. The fourth-order valence-corrected chi connectivity index (χ4v) is 2.21. The summed E-state index contributed by atoms with van der Waals surface area (Å²) in [6.07, 6.45) is 2.70. The Morgan fingerprint density at radius 2 is 2.23 bits per heavy atom. The highest BCUT2D eigenvalue weighted by molar-refractivity contribution is 4.73. The zero-order valence-electron chi connectivity index (χ0n) is 9.25. The van der Waals surface area contributed by atoms with E-state index in [1.54, 1.807) is 7.11 Å². The fourth-order valence-electron chi connectivity index (χ4n) is 2.21. The lowest BCUT2D eigenvalue weighted by Gasteiger charge is -2.33. The van der Waals surface area contributed by atoms with Gasteiger partial charge in [0.25, 0.3) is 0 Å². The van der Waals surface area contributed by atoms with Crippen molar-refractivity contribution in [3.05, 3.63) is 0 Å². The van der Waals surface area contributed by atoms with Gasteiger partial charge in [0.05, 0.1) is 6.61 Å². The van der Waals surface area contributed by atoms with E-state index in [9.17, 15) is 0 Å². The van der Waals surface area contributed by atoms with E-state index in [1.807, 2.05) is 0 Å². The van der Waals surface area contributed by atoms with Crippen molar-refractivity contribution in [2.24, 2.45) is 11.8 Å². The lowest BCUT2D eigenvalue weighted by atomic mass is 9.98. The maximum atomic E-state index is 5.21. The summed E-state index contributed by atoms with van der Waals surface area (Å²) in [7, 11) is 1.81. The molecule has 0 aromatic rings. The van der Waals surface area contributed by atoms with Crippen LogP contribution in [0.15, 0.2) is 0 Å². The van der Waals surface area contributed by atoms with Crippen LogP contribution >= 0.6 is 0 Å². The Morgan fingerprint density at radius 1 is 1.46 bits per heavy atom. The Morgan fingerprint density at radius 3 is 2.85 bits per heavy atom. The smallest absolute Gasteiger partial charge is 0.0502 e. The van der Waals surface area contributed by atoms with Gasteiger partial charge in [-0.2, -0.15) is 0 Å². The molecule has 2 heteroatoms. The molecule has 0 radical (unpaired) electrons. The molecule has 0 amide bonds. The van der Waals surface area contributed by atoms with Crippen LogP contribution in [0.25, 0.3) is 0 Å². The van der Waals surface area contributed by atoms with Gasteiger partial charge in [-0.15, -0.1) is 0 Å². The molecule has 0 aromatic heterocycles. The van der Waals surface area contributed by atoms with Gasteiger partial charge in [0.2, 0.25) is 0 Å². The summed E-state index contributed by atoms with van der Waals surface area (Å²) in [4.78, 5) is 2.58. The lowest BCUT2D eigenvalue weighted by Crippen LogP contribution is -2.39. The van der Waals surface area contributed by atoms with Crippen molar-refractivity contribution in [1.29, 1.82) is 0 Å². The van der Waals surface area contributed by atoms with Gasteiger partial charge >= 0.3 is 0 Å². The normalized spacial score (nSPS) is 25.4. The molecule has 0 aliphatic carbocycles. The first-order chi connectivity index (χ1) is 6.22. The quantitative estimate of drug-likeness (QED) is 0.664. The molecule has 0 bridgehead atoms. The van der Waals surface area contributed by atoms with Gasteiger partial charge in [0.15, 0.2) is 0 Å². The molecule has 1 saturated heterocycles. The maximum absolute atomic E-state index is 5.21. The average molecular weight is 185 g/mol. The first-order valence-electron chi connectivity index (χ1n) is 5.43. The Balaban J connectivity index is 2.24. The van der Waals surface area contributed by atoms with Crippen LogP contribution in [0.1, 0.15) is 26.7 Å². The Kier molecular flexibility index (Phi) is 4.74. The van der Waals surface area contributed by atoms with Crippen LogP contribution in [-0.2, 0) is 4.74 Å². The van der Waals surface area contributed by atoms with Crippen molar-refractivity contribution in [1.82, 2.24) is 4.90 Å². The zero-order valence-corrected chi connectivity index (χ0v) is 9.25. The third-order valence-electron chi connectivity index (χ3n) is 2.63. The van der Waals surface area contributed by atoms with Crippen LogP contribution < -0.4 is 0 Å². The number of ether oxygens (including phenoxy) is 1. The standard InChI is InChI=1S/C11H23NO/c1-10(2)7-12-6-4-5-11(8-12)9-13-3/h10-11H,4-9H2,1-3H3. The van der Waals surface area contributed by atoms with E-state index in [-0.39, 0.29) is 0 Å². The van der Waals surface area contributed by atoms with Crippen molar-refractivity contribution >= 4 is 0 Å². The molecular formula is C11H23NO. The number of hydrogen-bond acceptors (Lipinski definition) is 2. The topological polar surface area (TPSA) is 12.5 Å². The molecule has 1 atom stereocenters. The molecule has 1 aliphatic rings. The Labute approximate surface area is 82.3 Å². The monoisotopic (exact) mass is 185 g/mol. The number of piperidine rings is 1. The minimum atomic E-state index is 0.775. The Bertz CT molecular complexity index is 134.